The number of thiocarbonyl (C=S) groups is 1. The summed E-state index contributed by atoms with van der Waals surface area (Å²) in [6.45, 7) is 2.30. The van der Waals surface area contributed by atoms with Crippen molar-refractivity contribution in [2.45, 2.75) is 19.8 Å². The summed E-state index contributed by atoms with van der Waals surface area (Å²) in [6.07, 6.45) is 0.747. The number of carbonyl (C=O) groups excluding carboxylic acids is 1. The van der Waals surface area contributed by atoms with Crippen molar-refractivity contribution in [2.24, 2.45) is 10.8 Å². The maximum Gasteiger partial charge on any atom is 0.411 e. The highest BCUT2D eigenvalue weighted by molar-refractivity contribution is 7.80. The number of hydrogen-bond donors (Lipinski definition) is 3. The van der Waals surface area contributed by atoms with Crippen LogP contribution in [-0.2, 0) is 4.74 Å². The van der Waals surface area contributed by atoms with Crippen molar-refractivity contribution in [3.8, 4) is 0 Å². The zero-order valence-corrected chi connectivity index (χ0v) is 15.4. The number of ether oxygens (including phenoxy) is 1. The molecule has 0 aliphatic heterocycles. The number of hydrazone groups is 1. The quantitative estimate of drug-likeness (QED) is 0.300. The molecule has 0 radical (unpaired) electrons. The van der Waals surface area contributed by atoms with Gasteiger partial charge in [-0.25, -0.2) is 4.79 Å². The molecule has 6 nitrogen and oxygen atoms in total. The Morgan fingerprint density at radius 1 is 1.15 bits per heavy atom. The molecule has 2 aromatic rings. The minimum Gasteiger partial charge on any atom is -0.449 e. The van der Waals surface area contributed by atoms with E-state index in [1.54, 1.807) is 12.1 Å². The normalized spacial score (nSPS) is 10.9. The molecule has 2 rings (SSSR count). The van der Waals surface area contributed by atoms with Crippen molar-refractivity contribution >= 4 is 34.8 Å². The molecule has 0 spiro atoms. The van der Waals surface area contributed by atoms with Crippen LogP contribution >= 0.6 is 12.2 Å². The van der Waals surface area contributed by atoms with Crippen LogP contribution in [-0.4, -0.2) is 23.5 Å². The highest BCUT2D eigenvalue weighted by atomic mass is 32.1. The fourth-order valence-corrected chi connectivity index (χ4v) is 2.26. The first kappa shape index (κ1) is 19.4. The SMILES string of the molecule is Cc1ccc(C(CCCOC(=O)Nc2ccccc2)=NNC(N)=S)cc1. The molecule has 1 amide bonds. The van der Waals surface area contributed by atoms with Crippen LogP contribution in [0, 0.1) is 6.92 Å². The van der Waals surface area contributed by atoms with Gasteiger partial charge >= 0.3 is 6.09 Å². The van der Waals surface area contributed by atoms with E-state index < -0.39 is 6.09 Å². The monoisotopic (exact) mass is 370 g/mol. The van der Waals surface area contributed by atoms with Gasteiger partial charge in [0.15, 0.2) is 5.11 Å². The van der Waals surface area contributed by atoms with E-state index in [1.807, 2.05) is 49.4 Å². The molecule has 136 valence electrons. The van der Waals surface area contributed by atoms with Crippen LogP contribution in [0.25, 0.3) is 0 Å². The topological polar surface area (TPSA) is 88.7 Å². The third-order valence-corrected chi connectivity index (χ3v) is 3.59. The zero-order valence-electron chi connectivity index (χ0n) is 14.6. The van der Waals surface area contributed by atoms with E-state index in [1.165, 1.54) is 0 Å². The maximum absolute atomic E-state index is 11.8. The Labute approximate surface area is 158 Å². The van der Waals surface area contributed by atoms with Crippen LogP contribution in [0.15, 0.2) is 59.7 Å². The number of nitrogens with zero attached hydrogens (tertiary/aromatic N) is 1. The molecule has 0 heterocycles. The molecule has 0 bridgehead atoms. The summed E-state index contributed by atoms with van der Waals surface area (Å²) in [5, 5.41) is 7.03. The number of rotatable bonds is 7. The Morgan fingerprint density at radius 2 is 1.85 bits per heavy atom. The van der Waals surface area contributed by atoms with Gasteiger partial charge in [0, 0.05) is 5.69 Å². The number of amides is 1. The van der Waals surface area contributed by atoms with Gasteiger partial charge in [-0.2, -0.15) is 5.10 Å². The van der Waals surface area contributed by atoms with E-state index in [2.05, 4.69) is 15.8 Å². The van der Waals surface area contributed by atoms with Crippen molar-refractivity contribution in [2.75, 3.05) is 11.9 Å². The molecule has 0 aliphatic rings. The predicted molar refractivity (Wildman–Crippen MR) is 108 cm³/mol. The number of para-hydroxylation sites is 1. The van der Waals surface area contributed by atoms with Gasteiger partial charge in [0.2, 0.25) is 0 Å². The lowest BCUT2D eigenvalue weighted by atomic mass is 10.0. The number of hydrogen-bond acceptors (Lipinski definition) is 4. The van der Waals surface area contributed by atoms with Crippen molar-refractivity contribution in [3.63, 3.8) is 0 Å². The number of nitrogens with one attached hydrogen (secondary N) is 2. The standard InChI is InChI=1S/C19H22N4O2S/c1-14-9-11-15(12-10-14)17(22-23-18(20)26)8-5-13-25-19(24)21-16-6-3-2-4-7-16/h2-4,6-7,9-12H,5,8,13H2,1H3,(H,21,24)(H3,20,23,26). The minimum absolute atomic E-state index is 0.105. The third-order valence-electron chi connectivity index (χ3n) is 3.50. The summed E-state index contributed by atoms with van der Waals surface area (Å²) < 4.78 is 5.20. The average molecular weight is 370 g/mol. The molecule has 0 unspecified atom stereocenters. The Hall–Kier alpha value is -2.93. The molecule has 7 heteroatoms. The van der Waals surface area contributed by atoms with E-state index in [0.717, 1.165) is 16.8 Å². The molecule has 2 aromatic carbocycles. The van der Waals surface area contributed by atoms with Crippen molar-refractivity contribution in [1.82, 2.24) is 5.43 Å². The second-order valence-corrected chi connectivity index (χ2v) is 6.07. The fraction of sp³-hybridized carbons (Fsp3) is 0.211. The Morgan fingerprint density at radius 3 is 2.50 bits per heavy atom. The van der Waals surface area contributed by atoms with E-state index in [4.69, 9.17) is 22.7 Å². The molecule has 0 atom stereocenters. The van der Waals surface area contributed by atoms with Crippen molar-refractivity contribution in [1.29, 1.82) is 0 Å². The third kappa shape index (κ3) is 6.90. The molecule has 0 aromatic heterocycles. The number of aryl methyl sites for hydroxylation is 1. The highest BCUT2D eigenvalue weighted by Gasteiger charge is 2.07. The molecule has 0 fully saturated rings. The van der Waals surface area contributed by atoms with Crippen LogP contribution in [0.2, 0.25) is 0 Å². The fourth-order valence-electron chi connectivity index (χ4n) is 2.21. The largest absolute Gasteiger partial charge is 0.449 e. The Balaban J connectivity index is 1.84. The van der Waals surface area contributed by atoms with Gasteiger partial charge in [-0.15, -0.1) is 0 Å². The molecule has 26 heavy (non-hydrogen) atoms. The van der Waals surface area contributed by atoms with Gasteiger partial charge in [0.1, 0.15) is 0 Å². The predicted octanol–water partition coefficient (Wildman–Crippen LogP) is 3.56. The zero-order chi connectivity index (χ0) is 18.8. The van der Waals surface area contributed by atoms with Crippen LogP contribution < -0.4 is 16.5 Å². The minimum atomic E-state index is -0.480. The van der Waals surface area contributed by atoms with Crippen molar-refractivity contribution in [3.05, 3.63) is 65.7 Å². The van der Waals surface area contributed by atoms with Crippen LogP contribution in [0.4, 0.5) is 10.5 Å². The molecular weight excluding hydrogens is 348 g/mol. The van der Waals surface area contributed by atoms with Gasteiger partial charge in [-0.05, 0) is 49.7 Å². The van der Waals surface area contributed by atoms with Gasteiger partial charge in [0.25, 0.3) is 0 Å². The van der Waals surface area contributed by atoms with Gasteiger partial charge in [-0.1, -0.05) is 48.0 Å². The molecule has 0 saturated heterocycles. The van der Waals surface area contributed by atoms with Crippen LogP contribution in [0.1, 0.15) is 24.0 Å². The number of anilines is 1. The summed E-state index contributed by atoms with van der Waals surface area (Å²) in [5.74, 6) is 0. The second-order valence-electron chi connectivity index (χ2n) is 5.63. The molecule has 4 N–H and O–H groups in total. The first-order valence-electron chi connectivity index (χ1n) is 8.22. The first-order chi connectivity index (χ1) is 12.5. The lowest BCUT2D eigenvalue weighted by molar-refractivity contribution is 0.161. The van der Waals surface area contributed by atoms with E-state index in [-0.39, 0.29) is 11.7 Å². The summed E-state index contributed by atoms with van der Waals surface area (Å²) in [7, 11) is 0. The van der Waals surface area contributed by atoms with E-state index >= 15 is 0 Å². The number of carbonyl (C=O) groups is 1. The maximum atomic E-state index is 11.8. The lowest BCUT2D eigenvalue weighted by Crippen LogP contribution is -2.25. The second kappa shape index (κ2) is 10.1. The average Bonchev–Trinajstić information content (AvgIpc) is 2.62. The smallest absolute Gasteiger partial charge is 0.411 e. The van der Waals surface area contributed by atoms with Crippen LogP contribution in [0.5, 0.6) is 0 Å². The summed E-state index contributed by atoms with van der Waals surface area (Å²) in [4.78, 5) is 11.8. The Bertz CT molecular complexity index is 761. The van der Waals surface area contributed by atoms with Crippen LogP contribution in [0.3, 0.4) is 0 Å². The highest BCUT2D eigenvalue weighted by Crippen LogP contribution is 2.10. The Kier molecular flexibility index (Phi) is 7.57. The first-order valence-corrected chi connectivity index (χ1v) is 8.63. The summed E-state index contributed by atoms with van der Waals surface area (Å²) >= 11 is 4.80. The summed E-state index contributed by atoms with van der Waals surface area (Å²) in [6, 6.07) is 17.1. The van der Waals surface area contributed by atoms with Gasteiger partial charge < -0.3 is 10.5 Å². The lowest BCUT2D eigenvalue weighted by Gasteiger charge is -2.09. The van der Waals surface area contributed by atoms with E-state index in [9.17, 15) is 4.79 Å². The number of benzene rings is 2. The molecule has 0 saturated carbocycles. The number of nitrogens with two attached hydrogens (primary N) is 1. The van der Waals surface area contributed by atoms with Gasteiger partial charge in [0.05, 0.1) is 12.3 Å². The van der Waals surface area contributed by atoms with Crippen molar-refractivity contribution < 1.29 is 9.53 Å². The summed E-state index contributed by atoms with van der Waals surface area (Å²) in [5.41, 5.74) is 11.7. The van der Waals surface area contributed by atoms with Gasteiger partial charge in [-0.3, -0.25) is 10.7 Å². The van der Waals surface area contributed by atoms with E-state index in [0.29, 0.717) is 18.5 Å². The molecular formula is C19H22N4O2S. The molecule has 0 aliphatic carbocycles.